The van der Waals surface area contributed by atoms with Gasteiger partial charge in [0.1, 0.15) is 5.69 Å². The summed E-state index contributed by atoms with van der Waals surface area (Å²) in [4.78, 5) is 20.2. The van der Waals surface area contributed by atoms with E-state index in [4.69, 9.17) is 22.3 Å². The summed E-state index contributed by atoms with van der Waals surface area (Å²) in [5.41, 5.74) is 9.96. The molecule has 178 valence electrons. The van der Waals surface area contributed by atoms with Gasteiger partial charge < -0.3 is 11.1 Å². The Morgan fingerprint density at radius 3 is 2.53 bits per heavy atom. The van der Waals surface area contributed by atoms with Crippen LogP contribution in [0.3, 0.4) is 0 Å². The quantitative estimate of drug-likeness (QED) is 0.517. The number of halogens is 1. The highest BCUT2D eigenvalue weighted by Gasteiger charge is 2.34. The molecule has 3 aromatic rings. The Bertz CT molecular complexity index is 1170. The van der Waals surface area contributed by atoms with Gasteiger partial charge in [0.15, 0.2) is 0 Å². The van der Waals surface area contributed by atoms with E-state index in [1.165, 1.54) is 19.3 Å². The minimum absolute atomic E-state index is 0.0581. The summed E-state index contributed by atoms with van der Waals surface area (Å²) in [6.45, 7) is 2.52. The van der Waals surface area contributed by atoms with Gasteiger partial charge in [-0.1, -0.05) is 67.3 Å². The average Bonchev–Trinajstić information content (AvgIpc) is 2.86. The van der Waals surface area contributed by atoms with Gasteiger partial charge in [-0.05, 0) is 55.0 Å². The highest BCUT2D eigenvalue weighted by atomic mass is 35.5. The minimum Gasteiger partial charge on any atom is -0.348 e. The molecule has 2 heterocycles. The number of nitrogens with one attached hydrogen (secondary N) is 1. The molecule has 6 heteroatoms. The molecule has 1 amide bonds. The second kappa shape index (κ2) is 10.0. The third kappa shape index (κ3) is 4.97. The maximum Gasteiger partial charge on any atom is 0.270 e. The first-order valence-electron chi connectivity index (χ1n) is 12.5. The third-order valence-corrected chi connectivity index (χ3v) is 7.86. The largest absolute Gasteiger partial charge is 0.348 e. The smallest absolute Gasteiger partial charge is 0.270 e. The van der Waals surface area contributed by atoms with E-state index in [9.17, 15) is 4.79 Å². The summed E-state index contributed by atoms with van der Waals surface area (Å²) in [5, 5.41) is 5.07. The maximum absolute atomic E-state index is 13.1. The predicted octanol–water partition coefficient (Wildman–Crippen LogP) is 5.40. The molecule has 1 aliphatic heterocycles. The number of aromatic nitrogens is 1. The van der Waals surface area contributed by atoms with E-state index in [1.807, 2.05) is 48.5 Å². The van der Waals surface area contributed by atoms with E-state index in [0.717, 1.165) is 72.4 Å². The van der Waals surface area contributed by atoms with Gasteiger partial charge in [-0.15, -0.1) is 0 Å². The van der Waals surface area contributed by atoms with Gasteiger partial charge in [0.2, 0.25) is 0 Å². The monoisotopic (exact) mass is 476 g/mol. The van der Waals surface area contributed by atoms with Gasteiger partial charge in [0, 0.05) is 41.6 Å². The first-order valence-corrected chi connectivity index (χ1v) is 12.9. The number of carbonyl (C=O) groups is 1. The fourth-order valence-electron chi connectivity index (χ4n) is 5.49. The van der Waals surface area contributed by atoms with Crippen LogP contribution in [0.4, 0.5) is 0 Å². The van der Waals surface area contributed by atoms with Crippen molar-refractivity contribution in [1.82, 2.24) is 15.2 Å². The molecule has 1 aromatic heterocycles. The molecule has 1 saturated heterocycles. The number of pyridine rings is 1. The number of carbonyl (C=O) groups excluding carboxylic acids is 1. The summed E-state index contributed by atoms with van der Waals surface area (Å²) < 4.78 is 0. The molecule has 2 aliphatic rings. The molecule has 0 spiro atoms. The summed E-state index contributed by atoms with van der Waals surface area (Å²) in [7, 11) is 0. The van der Waals surface area contributed by atoms with E-state index in [1.54, 1.807) is 0 Å². The SMILES string of the molecule is NC1(c2ccccc2Cl)CCN(Cc2cc(C(=O)NC3CCCCC3)nc3ccccc23)CC1. The number of hydrogen-bond acceptors (Lipinski definition) is 4. The Labute approximate surface area is 206 Å². The van der Waals surface area contributed by atoms with Crippen molar-refractivity contribution in [2.24, 2.45) is 5.73 Å². The summed E-state index contributed by atoms with van der Waals surface area (Å²) in [6, 6.07) is 18.3. The van der Waals surface area contributed by atoms with Crippen molar-refractivity contribution in [3.63, 3.8) is 0 Å². The molecule has 3 N–H and O–H groups in total. The standard InChI is InChI=1S/C28H33ClN4O/c29-24-12-6-5-11-23(24)28(30)14-16-33(17-15-28)19-20-18-26(32-25-13-7-4-10-22(20)25)27(34)31-21-8-2-1-3-9-21/h4-7,10-13,18,21H,1-3,8-9,14-17,19,30H2,(H,31,34). The van der Waals surface area contributed by atoms with Crippen LogP contribution in [0.5, 0.6) is 0 Å². The van der Waals surface area contributed by atoms with Crippen LogP contribution in [0.1, 0.15) is 66.6 Å². The lowest BCUT2D eigenvalue weighted by molar-refractivity contribution is 0.0922. The van der Waals surface area contributed by atoms with Crippen molar-refractivity contribution in [1.29, 1.82) is 0 Å². The van der Waals surface area contributed by atoms with Gasteiger partial charge in [-0.2, -0.15) is 0 Å². The second-order valence-corrected chi connectivity index (χ2v) is 10.3. The average molecular weight is 477 g/mol. The van der Waals surface area contributed by atoms with Crippen molar-refractivity contribution in [3.8, 4) is 0 Å². The molecule has 1 aliphatic carbocycles. The van der Waals surface area contributed by atoms with Gasteiger partial charge in [-0.25, -0.2) is 4.98 Å². The molecule has 5 nitrogen and oxygen atoms in total. The minimum atomic E-state index is -0.403. The number of likely N-dealkylation sites (tertiary alicyclic amines) is 1. The number of para-hydroxylation sites is 1. The van der Waals surface area contributed by atoms with E-state index >= 15 is 0 Å². The lowest BCUT2D eigenvalue weighted by Gasteiger charge is -2.40. The van der Waals surface area contributed by atoms with Crippen LogP contribution in [0, 0.1) is 0 Å². The summed E-state index contributed by atoms with van der Waals surface area (Å²) in [5.74, 6) is -0.0581. The maximum atomic E-state index is 13.1. The lowest BCUT2D eigenvalue weighted by Crippen LogP contribution is -2.48. The van der Waals surface area contributed by atoms with Gasteiger partial charge in [0.05, 0.1) is 5.52 Å². The van der Waals surface area contributed by atoms with E-state index in [0.29, 0.717) is 5.69 Å². The topological polar surface area (TPSA) is 71.2 Å². The Morgan fingerprint density at radius 1 is 1.06 bits per heavy atom. The van der Waals surface area contributed by atoms with Crippen LogP contribution in [-0.2, 0) is 12.1 Å². The van der Waals surface area contributed by atoms with E-state index in [-0.39, 0.29) is 11.9 Å². The number of amides is 1. The number of nitrogens with two attached hydrogens (primary N) is 1. The van der Waals surface area contributed by atoms with Gasteiger partial charge in [-0.3, -0.25) is 9.69 Å². The number of piperidine rings is 1. The van der Waals surface area contributed by atoms with Crippen LogP contribution < -0.4 is 11.1 Å². The number of fused-ring (bicyclic) bond motifs is 1. The summed E-state index contributed by atoms with van der Waals surface area (Å²) in [6.07, 6.45) is 7.45. The predicted molar refractivity (Wildman–Crippen MR) is 138 cm³/mol. The Hall–Kier alpha value is -2.47. The molecule has 2 fully saturated rings. The Kier molecular flexibility index (Phi) is 6.87. The van der Waals surface area contributed by atoms with Crippen molar-refractivity contribution in [3.05, 3.63) is 76.4 Å². The van der Waals surface area contributed by atoms with Crippen LogP contribution in [0.2, 0.25) is 5.02 Å². The first-order chi connectivity index (χ1) is 16.5. The zero-order valence-electron chi connectivity index (χ0n) is 19.6. The number of nitrogens with zero attached hydrogens (tertiary/aromatic N) is 2. The third-order valence-electron chi connectivity index (χ3n) is 7.53. The summed E-state index contributed by atoms with van der Waals surface area (Å²) >= 11 is 6.46. The zero-order chi connectivity index (χ0) is 23.5. The molecule has 1 saturated carbocycles. The van der Waals surface area contributed by atoms with E-state index < -0.39 is 5.54 Å². The first kappa shape index (κ1) is 23.3. The molecule has 2 aromatic carbocycles. The number of hydrogen-bond donors (Lipinski definition) is 2. The second-order valence-electron chi connectivity index (χ2n) is 9.90. The van der Waals surface area contributed by atoms with Crippen LogP contribution in [-0.4, -0.2) is 34.9 Å². The number of benzene rings is 2. The highest BCUT2D eigenvalue weighted by Crippen LogP contribution is 2.35. The molecular weight excluding hydrogens is 444 g/mol. The Morgan fingerprint density at radius 2 is 1.76 bits per heavy atom. The fraction of sp³-hybridized carbons (Fsp3) is 0.429. The van der Waals surface area contributed by atoms with Crippen molar-refractivity contribution in [2.75, 3.05) is 13.1 Å². The van der Waals surface area contributed by atoms with Crippen LogP contribution in [0.15, 0.2) is 54.6 Å². The molecular formula is C28H33ClN4O. The molecule has 34 heavy (non-hydrogen) atoms. The molecule has 0 atom stereocenters. The van der Waals surface area contributed by atoms with Gasteiger partial charge >= 0.3 is 0 Å². The van der Waals surface area contributed by atoms with Crippen molar-refractivity contribution < 1.29 is 4.79 Å². The number of rotatable bonds is 5. The molecule has 0 unspecified atom stereocenters. The Balaban J connectivity index is 1.33. The zero-order valence-corrected chi connectivity index (χ0v) is 20.4. The van der Waals surface area contributed by atoms with E-state index in [2.05, 4.69) is 16.3 Å². The lowest BCUT2D eigenvalue weighted by atomic mass is 9.81. The molecule has 0 bridgehead atoms. The van der Waals surface area contributed by atoms with Crippen LogP contribution >= 0.6 is 11.6 Å². The molecule has 0 radical (unpaired) electrons. The molecule has 5 rings (SSSR count). The van der Waals surface area contributed by atoms with Crippen LogP contribution in [0.25, 0.3) is 10.9 Å². The fourth-order valence-corrected chi connectivity index (χ4v) is 5.81. The van der Waals surface area contributed by atoms with Crippen molar-refractivity contribution >= 4 is 28.4 Å². The van der Waals surface area contributed by atoms with Crippen molar-refractivity contribution in [2.45, 2.75) is 63.1 Å². The van der Waals surface area contributed by atoms with Gasteiger partial charge in [0.25, 0.3) is 5.91 Å². The highest BCUT2D eigenvalue weighted by molar-refractivity contribution is 6.31. The normalized spacial score (nSPS) is 19.2.